The van der Waals surface area contributed by atoms with Gasteiger partial charge >= 0.3 is 6.18 Å². The van der Waals surface area contributed by atoms with Gasteiger partial charge in [-0.25, -0.2) is 0 Å². The molecule has 2 saturated heterocycles. The number of halogens is 3. The summed E-state index contributed by atoms with van der Waals surface area (Å²) in [5.41, 5.74) is -0.0564. The first-order chi connectivity index (χ1) is 13.3. The average molecular weight is 395 g/mol. The second kappa shape index (κ2) is 7.21. The number of phenolic OH excluding ortho intramolecular Hbond substituents is 1. The van der Waals surface area contributed by atoms with Crippen molar-refractivity contribution in [2.24, 2.45) is 0 Å². The summed E-state index contributed by atoms with van der Waals surface area (Å²) in [6, 6.07) is 5.19. The monoisotopic (exact) mass is 395 g/mol. The van der Waals surface area contributed by atoms with E-state index < -0.39 is 17.5 Å². The predicted molar refractivity (Wildman–Crippen MR) is 95.2 cm³/mol. The zero-order chi connectivity index (χ0) is 19.9. The van der Waals surface area contributed by atoms with E-state index in [4.69, 9.17) is 9.47 Å². The van der Waals surface area contributed by atoms with Crippen LogP contribution in [0.5, 0.6) is 5.75 Å². The molecule has 1 aromatic heterocycles. The van der Waals surface area contributed by atoms with Crippen LogP contribution in [0.15, 0.2) is 24.3 Å². The van der Waals surface area contributed by atoms with Crippen LogP contribution in [0, 0.1) is 6.92 Å². The third kappa shape index (κ3) is 3.51. The van der Waals surface area contributed by atoms with E-state index in [0.717, 1.165) is 12.5 Å². The number of fused-ring (bicyclic) bond motifs is 1. The predicted octanol–water partition coefficient (Wildman–Crippen LogP) is 3.17. The van der Waals surface area contributed by atoms with E-state index in [1.807, 2.05) is 0 Å². The Bertz CT molecular complexity index is 833. The third-order valence-electron chi connectivity index (χ3n) is 5.17. The Balaban J connectivity index is 1.62. The Morgan fingerprint density at radius 1 is 1.18 bits per heavy atom. The van der Waals surface area contributed by atoms with Gasteiger partial charge in [-0.3, -0.25) is 0 Å². The van der Waals surface area contributed by atoms with Crippen LogP contribution in [0.1, 0.15) is 17.5 Å². The van der Waals surface area contributed by atoms with E-state index in [-0.39, 0.29) is 23.3 Å². The Labute approximate surface area is 159 Å². The van der Waals surface area contributed by atoms with Crippen molar-refractivity contribution in [3.8, 4) is 17.0 Å². The minimum Gasteiger partial charge on any atom is -0.507 e. The van der Waals surface area contributed by atoms with Gasteiger partial charge in [-0.05, 0) is 43.2 Å². The van der Waals surface area contributed by atoms with Crippen molar-refractivity contribution in [2.45, 2.75) is 31.7 Å². The van der Waals surface area contributed by atoms with E-state index in [1.54, 1.807) is 12.1 Å². The first kappa shape index (κ1) is 18.9. The van der Waals surface area contributed by atoms with Gasteiger partial charge in [0.1, 0.15) is 5.75 Å². The number of anilines is 1. The molecule has 28 heavy (non-hydrogen) atoms. The number of benzene rings is 1. The molecule has 9 heteroatoms. The number of rotatable bonds is 2. The standard InChI is InChI=1S/C19H20F3N3O3/c1-11-8-12(19(20,21)22)9-15(26)18(11)13-2-3-17(24-23-13)25-5-7-28-16-4-6-27-10-14(16)25/h2-3,8-9,14,16,26H,4-7,10H2,1H3. The molecule has 2 aliphatic rings. The van der Waals surface area contributed by atoms with Crippen LogP contribution in [-0.4, -0.2) is 53.8 Å². The van der Waals surface area contributed by atoms with Gasteiger partial charge in [0.2, 0.25) is 0 Å². The molecule has 4 rings (SSSR count). The fourth-order valence-electron chi connectivity index (χ4n) is 3.82. The van der Waals surface area contributed by atoms with Crippen LogP contribution < -0.4 is 4.90 Å². The van der Waals surface area contributed by atoms with Gasteiger partial charge in [0.05, 0.1) is 36.6 Å². The van der Waals surface area contributed by atoms with Gasteiger partial charge in [-0.1, -0.05) is 0 Å². The van der Waals surface area contributed by atoms with Crippen molar-refractivity contribution in [2.75, 3.05) is 31.3 Å². The Morgan fingerprint density at radius 2 is 2.00 bits per heavy atom. The highest BCUT2D eigenvalue weighted by molar-refractivity contribution is 5.71. The number of ether oxygens (including phenoxy) is 2. The number of morpholine rings is 1. The lowest BCUT2D eigenvalue weighted by Gasteiger charge is -2.43. The highest BCUT2D eigenvalue weighted by atomic mass is 19.4. The molecule has 1 aromatic carbocycles. The normalized spacial score (nSPS) is 22.8. The fourth-order valence-corrected chi connectivity index (χ4v) is 3.82. The van der Waals surface area contributed by atoms with Crippen LogP contribution in [0.3, 0.4) is 0 Å². The van der Waals surface area contributed by atoms with E-state index in [0.29, 0.717) is 43.9 Å². The maximum Gasteiger partial charge on any atom is 0.416 e. The second-order valence-electron chi connectivity index (χ2n) is 7.00. The number of alkyl halides is 3. The smallest absolute Gasteiger partial charge is 0.416 e. The number of aromatic nitrogens is 2. The molecule has 0 saturated carbocycles. The Morgan fingerprint density at radius 3 is 2.68 bits per heavy atom. The highest BCUT2D eigenvalue weighted by Crippen LogP contribution is 2.38. The summed E-state index contributed by atoms with van der Waals surface area (Å²) >= 11 is 0. The molecule has 0 spiro atoms. The Kier molecular flexibility index (Phi) is 4.88. The van der Waals surface area contributed by atoms with Gasteiger partial charge in [0.15, 0.2) is 5.82 Å². The number of nitrogens with zero attached hydrogens (tertiary/aromatic N) is 3. The summed E-state index contributed by atoms with van der Waals surface area (Å²) in [4.78, 5) is 2.09. The number of hydrogen-bond donors (Lipinski definition) is 1. The summed E-state index contributed by atoms with van der Waals surface area (Å²) in [5.74, 6) is 0.179. The first-order valence-electron chi connectivity index (χ1n) is 9.05. The van der Waals surface area contributed by atoms with Crippen LogP contribution >= 0.6 is 0 Å². The minimum absolute atomic E-state index is 0.0591. The summed E-state index contributed by atoms with van der Waals surface area (Å²) in [6.45, 7) is 3.97. The van der Waals surface area contributed by atoms with Crippen molar-refractivity contribution in [3.05, 3.63) is 35.4 Å². The van der Waals surface area contributed by atoms with E-state index in [1.165, 1.54) is 6.92 Å². The van der Waals surface area contributed by atoms with Gasteiger partial charge in [0, 0.05) is 18.7 Å². The minimum atomic E-state index is -4.52. The zero-order valence-electron chi connectivity index (χ0n) is 15.2. The third-order valence-corrected chi connectivity index (χ3v) is 5.17. The zero-order valence-corrected chi connectivity index (χ0v) is 15.2. The van der Waals surface area contributed by atoms with Gasteiger partial charge in [0.25, 0.3) is 0 Å². The molecule has 2 aliphatic heterocycles. The summed E-state index contributed by atoms with van der Waals surface area (Å²) in [7, 11) is 0. The molecule has 1 N–H and O–H groups in total. The molecule has 0 amide bonds. The van der Waals surface area contributed by atoms with Crippen LogP contribution in [0.4, 0.5) is 19.0 Å². The molecule has 0 radical (unpaired) electrons. The van der Waals surface area contributed by atoms with Gasteiger partial charge < -0.3 is 19.5 Å². The molecule has 2 unspecified atom stereocenters. The molecule has 3 heterocycles. The molecule has 0 bridgehead atoms. The van der Waals surface area contributed by atoms with Crippen molar-refractivity contribution in [3.63, 3.8) is 0 Å². The van der Waals surface area contributed by atoms with Crippen LogP contribution in [-0.2, 0) is 15.7 Å². The average Bonchev–Trinajstić information content (AvgIpc) is 2.67. The summed E-state index contributed by atoms with van der Waals surface area (Å²) in [6.07, 6.45) is -3.61. The molecule has 2 fully saturated rings. The molecular formula is C19H20F3N3O3. The lowest BCUT2D eigenvalue weighted by Crippen LogP contribution is -2.56. The first-order valence-corrected chi connectivity index (χ1v) is 9.05. The maximum atomic E-state index is 12.9. The largest absolute Gasteiger partial charge is 0.507 e. The van der Waals surface area contributed by atoms with Crippen molar-refractivity contribution in [1.82, 2.24) is 10.2 Å². The lowest BCUT2D eigenvalue weighted by atomic mass is 10.0. The molecular weight excluding hydrogens is 375 g/mol. The molecule has 2 atom stereocenters. The van der Waals surface area contributed by atoms with Crippen molar-refractivity contribution >= 4 is 5.82 Å². The van der Waals surface area contributed by atoms with Crippen molar-refractivity contribution < 1.29 is 27.8 Å². The SMILES string of the molecule is Cc1cc(C(F)(F)F)cc(O)c1-c1ccc(N2CCOC3CCOCC32)nn1. The molecule has 2 aromatic rings. The maximum absolute atomic E-state index is 12.9. The lowest BCUT2D eigenvalue weighted by molar-refractivity contribution is -0.137. The molecule has 150 valence electrons. The van der Waals surface area contributed by atoms with Gasteiger partial charge in [-0.15, -0.1) is 10.2 Å². The number of hydrogen-bond acceptors (Lipinski definition) is 6. The molecule has 6 nitrogen and oxygen atoms in total. The topological polar surface area (TPSA) is 67.7 Å². The van der Waals surface area contributed by atoms with Crippen molar-refractivity contribution in [1.29, 1.82) is 0 Å². The fraction of sp³-hybridized carbons (Fsp3) is 0.474. The Hall–Kier alpha value is -2.39. The molecule has 0 aliphatic carbocycles. The number of aromatic hydroxyl groups is 1. The highest BCUT2D eigenvalue weighted by Gasteiger charge is 2.36. The van der Waals surface area contributed by atoms with E-state index >= 15 is 0 Å². The van der Waals surface area contributed by atoms with Crippen LogP contribution in [0.25, 0.3) is 11.3 Å². The second-order valence-corrected chi connectivity index (χ2v) is 7.00. The van der Waals surface area contributed by atoms with Crippen LogP contribution in [0.2, 0.25) is 0 Å². The quantitative estimate of drug-likeness (QED) is 0.843. The van der Waals surface area contributed by atoms with Gasteiger partial charge in [-0.2, -0.15) is 13.2 Å². The number of aryl methyl sites for hydroxylation is 1. The number of phenols is 1. The van der Waals surface area contributed by atoms with E-state index in [2.05, 4.69) is 15.1 Å². The van der Waals surface area contributed by atoms with E-state index in [9.17, 15) is 18.3 Å². The summed E-state index contributed by atoms with van der Waals surface area (Å²) < 4.78 is 50.1. The summed E-state index contributed by atoms with van der Waals surface area (Å²) in [5, 5.41) is 18.6.